The molecule has 4 nitrogen and oxygen atoms in total. The first kappa shape index (κ1) is 33.9. The molecule has 0 saturated heterocycles. The van der Waals surface area contributed by atoms with Crippen molar-refractivity contribution < 1.29 is 19.4 Å². The van der Waals surface area contributed by atoms with E-state index in [9.17, 15) is 9.59 Å². The number of carbonyl (C=O) groups excluding carboxylic acids is 1. The summed E-state index contributed by atoms with van der Waals surface area (Å²) in [6.45, 7) is 4.36. The van der Waals surface area contributed by atoms with Crippen LogP contribution in [-0.4, -0.2) is 23.1 Å². The van der Waals surface area contributed by atoms with Crippen LogP contribution in [0.4, 0.5) is 0 Å². The predicted octanol–water partition coefficient (Wildman–Crippen LogP) is 9.66. The Kier molecular flexibility index (Phi) is 25.9. The molecule has 0 radical (unpaired) electrons. The van der Waals surface area contributed by atoms with E-state index in [0.29, 0.717) is 6.42 Å². The minimum Gasteiger partial charge on any atom is -0.481 e. The van der Waals surface area contributed by atoms with Crippen LogP contribution in [0.2, 0.25) is 0 Å². The Morgan fingerprint density at radius 3 is 1.94 bits per heavy atom. The fourth-order valence-corrected chi connectivity index (χ4v) is 3.87. The third-order valence-corrected chi connectivity index (χ3v) is 6.02. The molecule has 0 aliphatic rings. The molecule has 0 aromatic rings. The molecule has 0 aliphatic carbocycles. The van der Waals surface area contributed by atoms with Crippen LogP contribution in [0.15, 0.2) is 48.6 Å². The summed E-state index contributed by atoms with van der Waals surface area (Å²) in [6.07, 6.45) is 35.6. The summed E-state index contributed by atoms with van der Waals surface area (Å²) in [7, 11) is 0. The highest BCUT2D eigenvalue weighted by Crippen LogP contribution is 2.14. The number of hydrogen-bond donors (Lipinski definition) is 1. The molecule has 0 saturated carbocycles. The number of carboxylic acid groups (broad SMARTS) is 1. The molecule has 0 aliphatic heterocycles. The van der Waals surface area contributed by atoms with Crippen molar-refractivity contribution in [1.82, 2.24) is 0 Å². The number of unbranched alkanes of at least 4 members (excludes halogenated alkanes) is 10. The molecule has 0 aromatic carbocycles. The van der Waals surface area contributed by atoms with Crippen molar-refractivity contribution >= 4 is 11.9 Å². The highest BCUT2D eigenvalue weighted by molar-refractivity contribution is 5.69. The minimum absolute atomic E-state index is 0.0979. The van der Waals surface area contributed by atoms with E-state index in [0.717, 1.165) is 83.5 Å². The number of esters is 1. The van der Waals surface area contributed by atoms with E-state index in [4.69, 9.17) is 9.84 Å². The third kappa shape index (κ3) is 26.5. The van der Waals surface area contributed by atoms with Crippen molar-refractivity contribution in [2.24, 2.45) is 0 Å². The number of aliphatic carboxylic acids is 1. The first-order chi connectivity index (χ1) is 17.6. The van der Waals surface area contributed by atoms with Gasteiger partial charge in [0.2, 0.25) is 0 Å². The summed E-state index contributed by atoms with van der Waals surface area (Å²) in [5.41, 5.74) is 0. The van der Waals surface area contributed by atoms with Crippen LogP contribution < -0.4 is 0 Å². The largest absolute Gasteiger partial charge is 0.481 e. The van der Waals surface area contributed by atoms with Crippen LogP contribution in [0, 0.1) is 0 Å². The van der Waals surface area contributed by atoms with Crippen molar-refractivity contribution in [3.05, 3.63) is 48.6 Å². The molecule has 0 heterocycles. The van der Waals surface area contributed by atoms with Gasteiger partial charge >= 0.3 is 11.9 Å². The summed E-state index contributed by atoms with van der Waals surface area (Å²) in [5.74, 6) is -0.827. The zero-order chi connectivity index (χ0) is 26.5. The second kappa shape index (κ2) is 27.5. The van der Waals surface area contributed by atoms with Gasteiger partial charge in [-0.15, -0.1) is 0 Å². The molecule has 0 fully saturated rings. The Morgan fingerprint density at radius 2 is 1.25 bits per heavy atom. The molecule has 0 spiro atoms. The first-order valence-corrected chi connectivity index (χ1v) is 14.6. The van der Waals surface area contributed by atoms with Crippen LogP contribution in [-0.2, 0) is 14.3 Å². The lowest BCUT2D eigenvalue weighted by Crippen LogP contribution is -2.16. The van der Waals surface area contributed by atoms with E-state index in [1.165, 1.54) is 25.7 Å². The SMILES string of the molecule is CC/C=C\C/C=C\C/C=C\CCCCCC(=O)OC(/C=C\CCCCCC)CCCCCCC(=O)O. The van der Waals surface area contributed by atoms with Crippen LogP contribution in [0.1, 0.15) is 136 Å². The lowest BCUT2D eigenvalue weighted by atomic mass is 10.1. The summed E-state index contributed by atoms with van der Waals surface area (Å²) < 4.78 is 5.78. The van der Waals surface area contributed by atoms with Gasteiger partial charge in [-0.3, -0.25) is 9.59 Å². The number of allylic oxidation sites excluding steroid dienone is 7. The van der Waals surface area contributed by atoms with E-state index < -0.39 is 5.97 Å². The Morgan fingerprint density at radius 1 is 0.667 bits per heavy atom. The second-order valence-electron chi connectivity index (χ2n) is 9.55. The van der Waals surface area contributed by atoms with Crippen molar-refractivity contribution in [2.75, 3.05) is 0 Å². The zero-order valence-electron chi connectivity index (χ0n) is 23.3. The summed E-state index contributed by atoms with van der Waals surface area (Å²) in [5, 5.41) is 8.75. The summed E-state index contributed by atoms with van der Waals surface area (Å²) >= 11 is 0. The van der Waals surface area contributed by atoms with Gasteiger partial charge in [0.05, 0.1) is 0 Å². The van der Waals surface area contributed by atoms with Crippen LogP contribution in [0.5, 0.6) is 0 Å². The summed E-state index contributed by atoms with van der Waals surface area (Å²) in [4.78, 5) is 23.0. The zero-order valence-corrected chi connectivity index (χ0v) is 23.3. The Labute approximate surface area is 222 Å². The van der Waals surface area contributed by atoms with Gasteiger partial charge in [-0.2, -0.15) is 0 Å². The molecule has 1 unspecified atom stereocenters. The molecule has 1 atom stereocenters. The van der Waals surface area contributed by atoms with Crippen molar-refractivity contribution in [3.8, 4) is 0 Å². The lowest BCUT2D eigenvalue weighted by Gasteiger charge is -2.14. The molecule has 0 bridgehead atoms. The fraction of sp³-hybridized carbons (Fsp3) is 0.688. The smallest absolute Gasteiger partial charge is 0.306 e. The van der Waals surface area contributed by atoms with Gasteiger partial charge in [-0.1, -0.05) is 94.9 Å². The standard InChI is InChI=1S/C32H54O4/c1-3-5-7-9-11-12-13-14-15-16-17-19-25-29-32(35)36-30(26-22-18-10-8-6-4-2)27-23-20-21-24-28-31(33)34/h5,7,11-12,14-15,22,26,30H,3-4,6,8-10,13,16-21,23-25,27-29H2,1-2H3,(H,33,34)/b7-5-,12-11-,15-14-,26-22-. The Balaban J connectivity index is 4.12. The maximum atomic E-state index is 12.4. The van der Waals surface area contributed by atoms with E-state index in [1.807, 2.05) is 0 Å². The Bertz CT molecular complexity index is 630. The van der Waals surface area contributed by atoms with Gasteiger partial charge in [0, 0.05) is 12.8 Å². The van der Waals surface area contributed by atoms with Crippen LogP contribution >= 0.6 is 0 Å². The lowest BCUT2D eigenvalue weighted by molar-refractivity contribution is -0.147. The van der Waals surface area contributed by atoms with E-state index in [2.05, 4.69) is 62.5 Å². The van der Waals surface area contributed by atoms with E-state index in [-0.39, 0.29) is 18.5 Å². The first-order valence-electron chi connectivity index (χ1n) is 14.6. The van der Waals surface area contributed by atoms with Crippen molar-refractivity contribution in [2.45, 2.75) is 142 Å². The molecule has 0 aromatic heterocycles. The van der Waals surface area contributed by atoms with Crippen molar-refractivity contribution in [3.63, 3.8) is 0 Å². The predicted molar refractivity (Wildman–Crippen MR) is 153 cm³/mol. The van der Waals surface area contributed by atoms with Crippen LogP contribution in [0.25, 0.3) is 0 Å². The third-order valence-electron chi connectivity index (χ3n) is 6.02. The van der Waals surface area contributed by atoms with Gasteiger partial charge in [0.25, 0.3) is 0 Å². The average Bonchev–Trinajstić information content (AvgIpc) is 2.85. The maximum absolute atomic E-state index is 12.4. The number of hydrogen-bond acceptors (Lipinski definition) is 3. The molecule has 1 N–H and O–H groups in total. The van der Waals surface area contributed by atoms with Crippen molar-refractivity contribution in [1.29, 1.82) is 0 Å². The fourth-order valence-electron chi connectivity index (χ4n) is 3.87. The molecule has 206 valence electrons. The molecular formula is C32H54O4. The molecule has 4 heteroatoms. The molecule has 0 rings (SSSR count). The minimum atomic E-state index is -0.730. The molecule has 36 heavy (non-hydrogen) atoms. The van der Waals surface area contributed by atoms with Gasteiger partial charge in [0.1, 0.15) is 6.10 Å². The quantitative estimate of drug-likeness (QED) is 0.0766. The van der Waals surface area contributed by atoms with Gasteiger partial charge in [-0.25, -0.2) is 0 Å². The second-order valence-corrected chi connectivity index (χ2v) is 9.55. The highest BCUT2D eigenvalue weighted by atomic mass is 16.5. The van der Waals surface area contributed by atoms with Gasteiger partial charge in [0.15, 0.2) is 0 Å². The topological polar surface area (TPSA) is 63.6 Å². The monoisotopic (exact) mass is 502 g/mol. The van der Waals surface area contributed by atoms with E-state index in [1.54, 1.807) is 0 Å². The maximum Gasteiger partial charge on any atom is 0.306 e. The average molecular weight is 503 g/mol. The number of rotatable bonds is 25. The van der Waals surface area contributed by atoms with E-state index >= 15 is 0 Å². The molecule has 0 amide bonds. The Hall–Kier alpha value is -2.10. The molecular weight excluding hydrogens is 448 g/mol. The number of carboxylic acids is 1. The highest BCUT2D eigenvalue weighted by Gasteiger charge is 2.11. The van der Waals surface area contributed by atoms with Gasteiger partial charge in [-0.05, 0) is 76.7 Å². The normalized spacial score (nSPS) is 12.9. The summed E-state index contributed by atoms with van der Waals surface area (Å²) in [6, 6.07) is 0. The van der Waals surface area contributed by atoms with Crippen LogP contribution in [0.3, 0.4) is 0 Å². The number of ether oxygens (including phenoxy) is 1. The number of carbonyl (C=O) groups is 2. The van der Waals surface area contributed by atoms with Gasteiger partial charge < -0.3 is 9.84 Å².